The van der Waals surface area contributed by atoms with E-state index in [9.17, 15) is 0 Å². The van der Waals surface area contributed by atoms with Gasteiger partial charge in [-0.25, -0.2) is 0 Å². The molecule has 0 spiro atoms. The molecule has 2 heteroatoms. The summed E-state index contributed by atoms with van der Waals surface area (Å²) in [5.41, 5.74) is 4.20. The highest BCUT2D eigenvalue weighted by molar-refractivity contribution is 5.13. The maximum atomic E-state index is 5.35. The van der Waals surface area contributed by atoms with Gasteiger partial charge in [0.25, 0.3) is 0 Å². The molecule has 0 aromatic heterocycles. The van der Waals surface area contributed by atoms with Gasteiger partial charge in [-0.15, -0.1) is 0 Å². The molecule has 2 nitrogen and oxygen atoms in total. The van der Waals surface area contributed by atoms with E-state index in [2.05, 4.69) is 33.2 Å². The molecule has 0 aromatic carbocycles. The second-order valence-electron chi connectivity index (χ2n) is 3.70. The van der Waals surface area contributed by atoms with E-state index in [1.54, 1.807) is 0 Å². The standard InChI is InChI=1S/C9H17NO/c1-6(2)8-5-10-11-9(8)7(3)4/h5-7,9-10H,1-4H3. The fourth-order valence-corrected chi connectivity index (χ4v) is 1.34. The van der Waals surface area contributed by atoms with Gasteiger partial charge in [-0.05, 0) is 17.4 Å². The molecule has 0 aliphatic carbocycles. The zero-order valence-corrected chi connectivity index (χ0v) is 7.72. The Bertz CT molecular complexity index is 161. The number of nitrogens with one attached hydrogen (secondary N) is 1. The minimum atomic E-state index is 0.273. The molecule has 1 unspecified atom stereocenters. The Balaban J connectivity index is 2.63. The molecule has 11 heavy (non-hydrogen) atoms. The van der Waals surface area contributed by atoms with Gasteiger partial charge in [-0.3, -0.25) is 10.3 Å². The van der Waals surface area contributed by atoms with Crippen LogP contribution in [0.15, 0.2) is 11.8 Å². The van der Waals surface area contributed by atoms with Crippen molar-refractivity contribution >= 4 is 0 Å². The molecular weight excluding hydrogens is 138 g/mol. The van der Waals surface area contributed by atoms with Gasteiger partial charge in [-0.2, -0.15) is 0 Å². The van der Waals surface area contributed by atoms with Crippen molar-refractivity contribution in [2.24, 2.45) is 11.8 Å². The molecule has 1 heterocycles. The van der Waals surface area contributed by atoms with Crippen molar-refractivity contribution in [1.29, 1.82) is 0 Å². The molecule has 1 aliphatic rings. The normalized spacial score (nSPS) is 24.2. The van der Waals surface area contributed by atoms with Crippen molar-refractivity contribution in [2.45, 2.75) is 33.8 Å². The second-order valence-corrected chi connectivity index (χ2v) is 3.70. The molecular formula is C9H17NO. The van der Waals surface area contributed by atoms with Gasteiger partial charge in [0.05, 0.1) is 0 Å². The zero-order chi connectivity index (χ0) is 8.43. The molecule has 0 aromatic rings. The van der Waals surface area contributed by atoms with Crippen molar-refractivity contribution in [2.75, 3.05) is 0 Å². The first-order chi connectivity index (χ1) is 5.13. The Hall–Kier alpha value is -0.500. The molecule has 1 aliphatic heterocycles. The van der Waals surface area contributed by atoms with E-state index in [1.165, 1.54) is 5.57 Å². The van der Waals surface area contributed by atoms with Crippen molar-refractivity contribution in [3.63, 3.8) is 0 Å². The Labute approximate surface area is 68.6 Å². The van der Waals surface area contributed by atoms with Crippen LogP contribution in [0.25, 0.3) is 0 Å². The van der Waals surface area contributed by atoms with Crippen LogP contribution >= 0.6 is 0 Å². The second kappa shape index (κ2) is 3.26. The Kier molecular flexibility index (Phi) is 2.55. The lowest BCUT2D eigenvalue weighted by atomic mass is 9.92. The van der Waals surface area contributed by atoms with E-state index in [1.807, 2.05) is 6.20 Å². The first-order valence-electron chi connectivity index (χ1n) is 4.24. The molecule has 0 saturated heterocycles. The summed E-state index contributed by atoms with van der Waals surface area (Å²) in [6, 6.07) is 0. The first kappa shape index (κ1) is 8.60. The molecule has 0 bridgehead atoms. The lowest BCUT2D eigenvalue weighted by Gasteiger charge is -2.18. The van der Waals surface area contributed by atoms with E-state index >= 15 is 0 Å². The van der Waals surface area contributed by atoms with Crippen LogP contribution in [0.3, 0.4) is 0 Å². The minimum Gasteiger partial charge on any atom is -0.274 e. The highest BCUT2D eigenvalue weighted by Gasteiger charge is 2.25. The van der Waals surface area contributed by atoms with Gasteiger partial charge in [-0.1, -0.05) is 27.7 Å². The van der Waals surface area contributed by atoms with Crippen LogP contribution in [-0.2, 0) is 4.84 Å². The largest absolute Gasteiger partial charge is 0.274 e. The van der Waals surface area contributed by atoms with Crippen LogP contribution in [0, 0.1) is 11.8 Å². The Morgan fingerprint density at radius 1 is 1.36 bits per heavy atom. The summed E-state index contributed by atoms with van der Waals surface area (Å²) in [5, 5.41) is 0. The lowest BCUT2D eigenvalue weighted by molar-refractivity contribution is 0.0146. The molecule has 0 radical (unpaired) electrons. The molecule has 0 amide bonds. The van der Waals surface area contributed by atoms with E-state index in [0.29, 0.717) is 11.8 Å². The fourth-order valence-electron chi connectivity index (χ4n) is 1.34. The summed E-state index contributed by atoms with van der Waals surface area (Å²) >= 11 is 0. The van der Waals surface area contributed by atoms with E-state index in [0.717, 1.165) is 0 Å². The van der Waals surface area contributed by atoms with Crippen molar-refractivity contribution < 1.29 is 4.84 Å². The van der Waals surface area contributed by atoms with E-state index < -0.39 is 0 Å². The monoisotopic (exact) mass is 155 g/mol. The quantitative estimate of drug-likeness (QED) is 0.659. The number of rotatable bonds is 2. The minimum absolute atomic E-state index is 0.273. The Morgan fingerprint density at radius 3 is 2.36 bits per heavy atom. The van der Waals surface area contributed by atoms with Crippen LogP contribution in [0.4, 0.5) is 0 Å². The first-order valence-corrected chi connectivity index (χ1v) is 4.24. The van der Waals surface area contributed by atoms with E-state index in [4.69, 9.17) is 4.84 Å². The summed E-state index contributed by atoms with van der Waals surface area (Å²) in [4.78, 5) is 5.35. The summed E-state index contributed by atoms with van der Waals surface area (Å²) in [6.07, 6.45) is 2.25. The van der Waals surface area contributed by atoms with Crippen molar-refractivity contribution in [3.05, 3.63) is 11.8 Å². The number of hydroxylamine groups is 1. The summed E-state index contributed by atoms with van der Waals surface area (Å²) in [6.45, 7) is 8.73. The smallest absolute Gasteiger partial charge is 0.111 e. The third-order valence-electron chi connectivity index (χ3n) is 2.02. The number of hydrogen-bond donors (Lipinski definition) is 1. The van der Waals surface area contributed by atoms with Crippen LogP contribution < -0.4 is 5.48 Å². The molecule has 0 fully saturated rings. The predicted octanol–water partition coefficient (Wildman–Crippen LogP) is 2.09. The van der Waals surface area contributed by atoms with Crippen LogP contribution in [0.2, 0.25) is 0 Å². The van der Waals surface area contributed by atoms with Gasteiger partial charge < -0.3 is 0 Å². The average Bonchev–Trinajstić information content (AvgIpc) is 2.32. The third kappa shape index (κ3) is 1.74. The van der Waals surface area contributed by atoms with E-state index in [-0.39, 0.29) is 6.10 Å². The summed E-state index contributed by atoms with van der Waals surface area (Å²) in [5.74, 6) is 1.14. The summed E-state index contributed by atoms with van der Waals surface area (Å²) in [7, 11) is 0. The average molecular weight is 155 g/mol. The maximum absolute atomic E-state index is 5.35. The van der Waals surface area contributed by atoms with Crippen LogP contribution in [-0.4, -0.2) is 6.10 Å². The fraction of sp³-hybridized carbons (Fsp3) is 0.778. The highest BCUT2D eigenvalue weighted by Crippen LogP contribution is 2.25. The van der Waals surface area contributed by atoms with Gasteiger partial charge in [0, 0.05) is 6.20 Å². The highest BCUT2D eigenvalue weighted by atomic mass is 16.7. The molecule has 1 atom stereocenters. The van der Waals surface area contributed by atoms with Gasteiger partial charge in [0.2, 0.25) is 0 Å². The molecule has 0 saturated carbocycles. The lowest BCUT2D eigenvalue weighted by Crippen LogP contribution is -2.22. The molecule has 1 N–H and O–H groups in total. The van der Waals surface area contributed by atoms with Gasteiger partial charge in [0.15, 0.2) is 0 Å². The van der Waals surface area contributed by atoms with Crippen LogP contribution in [0.1, 0.15) is 27.7 Å². The molecule has 1 rings (SSSR count). The summed E-state index contributed by atoms with van der Waals surface area (Å²) < 4.78 is 0. The number of hydrogen-bond acceptors (Lipinski definition) is 2. The predicted molar refractivity (Wildman–Crippen MR) is 45.8 cm³/mol. The van der Waals surface area contributed by atoms with Gasteiger partial charge >= 0.3 is 0 Å². The van der Waals surface area contributed by atoms with Crippen LogP contribution in [0.5, 0.6) is 0 Å². The van der Waals surface area contributed by atoms with Gasteiger partial charge in [0.1, 0.15) is 6.10 Å². The van der Waals surface area contributed by atoms with Crippen molar-refractivity contribution in [1.82, 2.24) is 5.48 Å². The zero-order valence-electron chi connectivity index (χ0n) is 7.72. The third-order valence-corrected chi connectivity index (χ3v) is 2.02. The SMILES string of the molecule is CC(C)C1=CNOC1C(C)C. The molecule has 64 valence electrons. The van der Waals surface area contributed by atoms with Crippen molar-refractivity contribution in [3.8, 4) is 0 Å². The maximum Gasteiger partial charge on any atom is 0.111 e. The Morgan fingerprint density at radius 2 is 2.00 bits per heavy atom. The topological polar surface area (TPSA) is 21.3 Å².